The first kappa shape index (κ1) is 32.2. The SMILES string of the molecule is COc1ccc(CCC(N)=O)cc1C1=C(CN2C(=O)OC(c3cc(C(F)(F)F)cc(C(F)(F)F)c3)C2C)CC(C)(C)CC1. The molecule has 1 fully saturated rings. The van der Waals surface area contributed by atoms with Crippen LogP contribution in [0.4, 0.5) is 31.1 Å². The van der Waals surface area contributed by atoms with Gasteiger partial charge in [-0.2, -0.15) is 26.3 Å². The van der Waals surface area contributed by atoms with Gasteiger partial charge in [-0.1, -0.05) is 19.9 Å². The van der Waals surface area contributed by atoms with Crippen molar-refractivity contribution >= 4 is 17.6 Å². The van der Waals surface area contributed by atoms with Crippen molar-refractivity contribution in [2.24, 2.45) is 11.1 Å². The molecule has 0 radical (unpaired) electrons. The highest BCUT2D eigenvalue weighted by Crippen LogP contribution is 2.46. The Hall–Kier alpha value is -3.70. The molecule has 1 aliphatic heterocycles. The number of hydrogen-bond donors (Lipinski definition) is 1. The number of methoxy groups -OCH3 is 1. The van der Waals surface area contributed by atoms with Gasteiger partial charge < -0.3 is 15.2 Å². The van der Waals surface area contributed by atoms with E-state index in [1.165, 1.54) is 12.0 Å². The molecule has 2 atom stereocenters. The number of cyclic esters (lactones) is 1. The lowest BCUT2D eigenvalue weighted by Gasteiger charge is -2.36. The number of benzene rings is 2. The first-order valence-corrected chi connectivity index (χ1v) is 13.8. The number of aryl methyl sites for hydroxylation is 1. The molecular formula is C31H34F6N2O4. The minimum Gasteiger partial charge on any atom is -0.496 e. The lowest BCUT2D eigenvalue weighted by atomic mass is 9.72. The van der Waals surface area contributed by atoms with Crippen molar-refractivity contribution in [3.05, 3.63) is 69.8 Å². The number of alkyl halides is 6. The number of rotatable bonds is 8. The minimum atomic E-state index is -5.03. The molecule has 0 bridgehead atoms. The summed E-state index contributed by atoms with van der Waals surface area (Å²) in [7, 11) is 1.53. The molecule has 12 heteroatoms. The van der Waals surface area contributed by atoms with E-state index in [0.29, 0.717) is 37.1 Å². The van der Waals surface area contributed by atoms with Crippen LogP contribution in [0.25, 0.3) is 5.57 Å². The Bertz CT molecular complexity index is 1400. The average Bonchev–Trinajstić information content (AvgIpc) is 3.18. The van der Waals surface area contributed by atoms with Crippen molar-refractivity contribution in [3.8, 4) is 5.75 Å². The zero-order valence-electron chi connectivity index (χ0n) is 24.3. The molecule has 2 aliphatic rings. The van der Waals surface area contributed by atoms with Crippen LogP contribution in [0.2, 0.25) is 0 Å². The van der Waals surface area contributed by atoms with Crippen LogP contribution in [0, 0.1) is 5.41 Å². The second-order valence-corrected chi connectivity index (χ2v) is 11.9. The van der Waals surface area contributed by atoms with Crippen molar-refractivity contribution < 1.29 is 45.4 Å². The van der Waals surface area contributed by atoms with Gasteiger partial charge in [0.15, 0.2) is 0 Å². The van der Waals surface area contributed by atoms with Gasteiger partial charge >= 0.3 is 18.4 Å². The second-order valence-electron chi connectivity index (χ2n) is 11.9. The van der Waals surface area contributed by atoms with Crippen molar-refractivity contribution in [2.75, 3.05) is 13.7 Å². The predicted molar refractivity (Wildman–Crippen MR) is 147 cm³/mol. The first-order chi connectivity index (χ1) is 19.9. The van der Waals surface area contributed by atoms with Gasteiger partial charge in [-0.15, -0.1) is 0 Å². The molecule has 1 heterocycles. The number of carbonyl (C=O) groups excluding carboxylic acids is 2. The van der Waals surface area contributed by atoms with E-state index in [1.807, 2.05) is 12.1 Å². The quantitative estimate of drug-likeness (QED) is 0.310. The molecule has 1 saturated heterocycles. The molecule has 2 aromatic rings. The van der Waals surface area contributed by atoms with E-state index in [0.717, 1.165) is 28.7 Å². The van der Waals surface area contributed by atoms with Crippen molar-refractivity contribution in [2.45, 2.75) is 77.4 Å². The molecule has 2 amide bonds. The van der Waals surface area contributed by atoms with E-state index in [-0.39, 0.29) is 30.0 Å². The fraction of sp³-hybridized carbons (Fsp3) is 0.484. The lowest BCUT2D eigenvalue weighted by Crippen LogP contribution is -2.35. The number of allylic oxidation sites excluding steroid dienone is 1. The maximum atomic E-state index is 13.5. The average molecular weight is 613 g/mol. The molecular weight excluding hydrogens is 578 g/mol. The Morgan fingerprint density at radius 3 is 2.26 bits per heavy atom. The summed E-state index contributed by atoms with van der Waals surface area (Å²) in [6.45, 7) is 5.78. The minimum absolute atomic E-state index is 0.0504. The molecule has 2 N–H and O–H groups in total. The van der Waals surface area contributed by atoms with Gasteiger partial charge in [0.25, 0.3) is 0 Å². The number of nitrogens with two attached hydrogens (primary N) is 1. The van der Waals surface area contributed by atoms with Gasteiger partial charge in [-0.3, -0.25) is 9.69 Å². The maximum Gasteiger partial charge on any atom is 0.416 e. The van der Waals surface area contributed by atoms with Gasteiger partial charge in [0.2, 0.25) is 5.91 Å². The molecule has 6 nitrogen and oxygen atoms in total. The zero-order valence-corrected chi connectivity index (χ0v) is 24.3. The Labute approximate surface area is 245 Å². The monoisotopic (exact) mass is 612 g/mol. The molecule has 2 aromatic carbocycles. The Balaban J connectivity index is 1.73. The highest BCUT2D eigenvalue weighted by Gasteiger charge is 2.44. The fourth-order valence-corrected chi connectivity index (χ4v) is 5.81. The molecule has 43 heavy (non-hydrogen) atoms. The van der Waals surface area contributed by atoms with E-state index >= 15 is 0 Å². The Kier molecular flexibility index (Phi) is 8.82. The van der Waals surface area contributed by atoms with Crippen molar-refractivity contribution in [1.82, 2.24) is 4.90 Å². The summed E-state index contributed by atoms with van der Waals surface area (Å²) in [4.78, 5) is 25.8. The van der Waals surface area contributed by atoms with E-state index in [1.54, 1.807) is 13.0 Å². The van der Waals surface area contributed by atoms with Crippen molar-refractivity contribution in [1.29, 1.82) is 0 Å². The van der Waals surface area contributed by atoms with Crippen LogP contribution in [0.5, 0.6) is 5.75 Å². The van der Waals surface area contributed by atoms with Gasteiger partial charge in [0.1, 0.15) is 11.9 Å². The van der Waals surface area contributed by atoms with Gasteiger partial charge in [-0.25, -0.2) is 4.79 Å². The Morgan fingerprint density at radius 1 is 1.07 bits per heavy atom. The summed E-state index contributed by atoms with van der Waals surface area (Å²) < 4.78 is 92.1. The maximum absolute atomic E-state index is 13.5. The molecule has 0 saturated carbocycles. The summed E-state index contributed by atoms with van der Waals surface area (Å²) in [6.07, 6.45) is -9.60. The molecule has 1 aliphatic carbocycles. The van der Waals surface area contributed by atoms with Crippen molar-refractivity contribution in [3.63, 3.8) is 0 Å². The van der Waals surface area contributed by atoms with Crippen LogP contribution in [-0.4, -0.2) is 36.6 Å². The molecule has 234 valence electrons. The summed E-state index contributed by atoms with van der Waals surface area (Å²) >= 11 is 0. The number of amides is 2. The summed E-state index contributed by atoms with van der Waals surface area (Å²) in [5, 5.41) is 0. The third-order valence-corrected chi connectivity index (χ3v) is 8.11. The smallest absolute Gasteiger partial charge is 0.416 e. The van der Waals surface area contributed by atoms with E-state index in [2.05, 4.69) is 13.8 Å². The number of hydrogen-bond acceptors (Lipinski definition) is 4. The van der Waals surface area contributed by atoms with Gasteiger partial charge in [0, 0.05) is 18.5 Å². The van der Waals surface area contributed by atoms with Crippen LogP contribution >= 0.6 is 0 Å². The summed E-state index contributed by atoms with van der Waals surface area (Å²) in [5.74, 6) is 0.157. The highest BCUT2D eigenvalue weighted by molar-refractivity contribution is 5.77. The van der Waals surface area contributed by atoms with Crippen LogP contribution in [-0.2, 0) is 28.3 Å². The lowest BCUT2D eigenvalue weighted by molar-refractivity contribution is -0.143. The van der Waals surface area contributed by atoms with E-state index in [9.17, 15) is 35.9 Å². The molecule has 0 spiro atoms. The second kappa shape index (κ2) is 11.8. The van der Waals surface area contributed by atoms with E-state index < -0.39 is 47.6 Å². The summed E-state index contributed by atoms with van der Waals surface area (Å²) in [5.41, 5.74) is 5.33. The number of halogens is 6. The molecule has 4 rings (SSSR count). The third kappa shape index (κ3) is 7.27. The fourth-order valence-electron chi connectivity index (χ4n) is 5.81. The van der Waals surface area contributed by atoms with Crippen LogP contribution in [0.3, 0.4) is 0 Å². The van der Waals surface area contributed by atoms with E-state index in [4.69, 9.17) is 15.2 Å². The van der Waals surface area contributed by atoms with Crippen LogP contribution < -0.4 is 10.5 Å². The topological polar surface area (TPSA) is 81.9 Å². The van der Waals surface area contributed by atoms with Gasteiger partial charge in [0.05, 0.1) is 24.3 Å². The first-order valence-electron chi connectivity index (χ1n) is 13.8. The van der Waals surface area contributed by atoms with Gasteiger partial charge in [-0.05, 0) is 90.6 Å². The largest absolute Gasteiger partial charge is 0.496 e. The molecule has 2 unspecified atom stereocenters. The number of ether oxygens (including phenoxy) is 2. The zero-order chi connectivity index (χ0) is 31.9. The normalized spacial score (nSPS) is 20.8. The number of nitrogens with zero attached hydrogens (tertiary/aromatic N) is 1. The standard InChI is InChI=1S/C31H34F6N2O4/c1-17-27(19-12-21(30(32,33)34)14-22(13-19)31(35,36)37)43-28(41)39(17)16-20-15-29(2,3)10-9-23(20)24-11-18(6-8-26(38)40)5-7-25(24)42-4/h5,7,11-14,17,27H,6,8-10,15-16H2,1-4H3,(H2,38,40). The Morgan fingerprint density at radius 2 is 1.70 bits per heavy atom. The third-order valence-electron chi connectivity index (χ3n) is 8.11. The summed E-state index contributed by atoms with van der Waals surface area (Å²) in [6, 6.07) is 5.95. The highest BCUT2D eigenvalue weighted by atomic mass is 19.4. The van der Waals surface area contributed by atoms with Crippen LogP contribution in [0.1, 0.15) is 80.4 Å². The number of carbonyl (C=O) groups is 2. The van der Waals surface area contributed by atoms with Crippen LogP contribution in [0.15, 0.2) is 42.0 Å². The predicted octanol–water partition coefficient (Wildman–Crippen LogP) is 7.70. The number of primary amides is 1. The molecule has 0 aromatic heterocycles.